The van der Waals surface area contributed by atoms with Gasteiger partial charge in [0.15, 0.2) is 17.3 Å². The molecule has 0 spiro atoms. The first-order chi connectivity index (χ1) is 14.3. The van der Waals surface area contributed by atoms with E-state index in [0.717, 1.165) is 0 Å². The van der Waals surface area contributed by atoms with Crippen LogP contribution in [0.5, 0.6) is 5.75 Å². The van der Waals surface area contributed by atoms with E-state index in [0.29, 0.717) is 29.9 Å². The summed E-state index contributed by atoms with van der Waals surface area (Å²) in [6, 6.07) is 4.06. The van der Waals surface area contributed by atoms with Crippen LogP contribution in [-0.2, 0) is 6.54 Å². The van der Waals surface area contributed by atoms with Gasteiger partial charge in [0.25, 0.3) is 11.5 Å². The first-order valence-corrected chi connectivity index (χ1v) is 9.87. The normalized spacial score (nSPS) is 16.2. The van der Waals surface area contributed by atoms with Crippen LogP contribution in [0.1, 0.15) is 35.9 Å². The van der Waals surface area contributed by atoms with Crippen molar-refractivity contribution in [3.8, 4) is 5.75 Å². The van der Waals surface area contributed by atoms with Crippen molar-refractivity contribution in [1.82, 2.24) is 19.2 Å². The maximum atomic E-state index is 13.5. The Morgan fingerprint density at radius 2 is 2.10 bits per heavy atom. The van der Waals surface area contributed by atoms with Crippen molar-refractivity contribution in [1.29, 1.82) is 0 Å². The molecule has 1 atom stereocenters. The number of nitrogens with two attached hydrogens (primary N) is 1. The second-order valence-corrected chi connectivity index (χ2v) is 7.67. The van der Waals surface area contributed by atoms with Crippen LogP contribution >= 0.6 is 11.6 Å². The fourth-order valence-corrected chi connectivity index (χ4v) is 4.24. The Bertz CT molecular complexity index is 1240. The van der Waals surface area contributed by atoms with Crippen molar-refractivity contribution in [2.75, 3.05) is 25.9 Å². The van der Waals surface area contributed by atoms with Crippen molar-refractivity contribution in [3.05, 3.63) is 50.7 Å². The van der Waals surface area contributed by atoms with E-state index in [2.05, 4.69) is 5.10 Å². The van der Waals surface area contributed by atoms with Gasteiger partial charge < -0.3 is 19.9 Å². The van der Waals surface area contributed by atoms with Gasteiger partial charge in [0, 0.05) is 19.1 Å². The zero-order chi connectivity index (χ0) is 21.7. The second kappa shape index (κ2) is 7.32. The molecule has 1 amide bonds. The number of fused-ring (bicyclic) bond motifs is 3. The molecule has 0 radical (unpaired) electrons. The van der Waals surface area contributed by atoms with E-state index in [-0.39, 0.29) is 40.5 Å². The van der Waals surface area contributed by atoms with Gasteiger partial charge in [0.1, 0.15) is 16.7 Å². The van der Waals surface area contributed by atoms with Gasteiger partial charge in [-0.2, -0.15) is 0 Å². The highest BCUT2D eigenvalue weighted by atomic mass is 35.5. The highest BCUT2D eigenvalue weighted by molar-refractivity contribution is 6.30. The molecule has 1 aliphatic rings. The molecule has 3 aromatic rings. The Labute approximate surface area is 176 Å². The Morgan fingerprint density at radius 1 is 1.37 bits per heavy atom. The van der Waals surface area contributed by atoms with Gasteiger partial charge >= 0.3 is 0 Å². The Balaban J connectivity index is 1.96. The number of rotatable bonds is 4. The standard InChI is InChI=1S/C20H21ClFN5O3/c1-4-25-8-10(2)27-15-14(17(30-3)16(27)20(25)29)19(28)26(24-18(15)23)9-11-5-6-13(22)12(21)7-11/h5-7,10H,4,8-9H2,1-3H3,(H2,23,24). The fraction of sp³-hybridized carbons (Fsp3) is 0.350. The van der Waals surface area contributed by atoms with Gasteiger partial charge in [-0.1, -0.05) is 17.7 Å². The molecular weight excluding hydrogens is 413 g/mol. The number of ether oxygens (including phenoxy) is 1. The van der Waals surface area contributed by atoms with Gasteiger partial charge in [-0.05, 0) is 31.5 Å². The maximum absolute atomic E-state index is 13.5. The van der Waals surface area contributed by atoms with Crippen LogP contribution in [0.25, 0.3) is 10.9 Å². The molecule has 30 heavy (non-hydrogen) atoms. The zero-order valence-electron chi connectivity index (χ0n) is 16.8. The number of anilines is 1. The number of halogens is 2. The van der Waals surface area contributed by atoms with E-state index in [4.69, 9.17) is 22.1 Å². The molecule has 1 aromatic carbocycles. The first kappa shape index (κ1) is 20.2. The molecule has 0 bridgehead atoms. The lowest BCUT2D eigenvalue weighted by Crippen LogP contribution is -2.42. The molecule has 0 aliphatic carbocycles. The van der Waals surface area contributed by atoms with E-state index < -0.39 is 11.4 Å². The molecule has 3 heterocycles. The number of methoxy groups -OCH3 is 1. The predicted octanol–water partition coefficient (Wildman–Crippen LogP) is 2.67. The van der Waals surface area contributed by atoms with Crippen molar-refractivity contribution in [2.45, 2.75) is 26.4 Å². The quantitative estimate of drug-likeness (QED) is 0.682. The molecule has 1 aliphatic heterocycles. The van der Waals surface area contributed by atoms with Crippen molar-refractivity contribution >= 4 is 34.2 Å². The molecule has 2 aromatic heterocycles. The highest BCUT2D eigenvalue weighted by Gasteiger charge is 2.36. The molecule has 4 rings (SSSR count). The summed E-state index contributed by atoms with van der Waals surface area (Å²) in [7, 11) is 1.42. The summed E-state index contributed by atoms with van der Waals surface area (Å²) in [5, 5.41) is 4.40. The van der Waals surface area contributed by atoms with E-state index in [9.17, 15) is 14.0 Å². The lowest BCUT2D eigenvalue weighted by molar-refractivity contribution is 0.0686. The van der Waals surface area contributed by atoms with Crippen molar-refractivity contribution in [2.24, 2.45) is 0 Å². The number of benzene rings is 1. The van der Waals surface area contributed by atoms with Gasteiger partial charge in [0.2, 0.25) is 0 Å². The average molecular weight is 434 g/mol. The molecule has 0 saturated carbocycles. The van der Waals surface area contributed by atoms with Crippen LogP contribution in [0.2, 0.25) is 5.02 Å². The predicted molar refractivity (Wildman–Crippen MR) is 112 cm³/mol. The summed E-state index contributed by atoms with van der Waals surface area (Å²) >= 11 is 5.85. The largest absolute Gasteiger partial charge is 0.493 e. The third kappa shape index (κ3) is 2.92. The van der Waals surface area contributed by atoms with E-state index >= 15 is 0 Å². The van der Waals surface area contributed by atoms with Crippen LogP contribution in [0.4, 0.5) is 10.2 Å². The Morgan fingerprint density at radius 3 is 2.73 bits per heavy atom. The van der Waals surface area contributed by atoms with E-state index in [1.807, 2.05) is 13.8 Å². The minimum Gasteiger partial charge on any atom is -0.493 e. The van der Waals surface area contributed by atoms with Crippen LogP contribution in [0, 0.1) is 5.82 Å². The average Bonchev–Trinajstić information content (AvgIpc) is 3.08. The van der Waals surface area contributed by atoms with Crippen LogP contribution in [0.3, 0.4) is 0 Å². The fourth-order valence-electron chi connectivity index (χ4n) is 4.03. The number of likely N-dealkylation sites (N-methyl/N-ethyl adjacent to an activating group) is 1. The smallest absolute Gasteiger partial charge is 0.280 e. The van der Waals surface area contributed by atoms with Crippen LogP contribution in [0.15, 0.2) is 23.0 Å². The summed E-state index contributed by atoms with van der Waals surface area (Å²) in [6.07, 6.45) is 0. The van der Waals surface area contributed by atoms with Crippen molar-refractivity contribution < 1.29 is 13.9 Å². The highest BCUT2D eigenvalue weighted by Crippen LogP contribution is 2.39. The molecule has 0 fully saturated rings. The summed E-state index contributed by atoms with van der Waals surface area (Å²) < 4.78 is 21.9. The number of amides is 1. The van der Waals surface area contributed by atoms with Gasteiger partial charge in [-0.25, -0.2) is 9.07 Å². The number of carbonyl (C=O) groups excluding carboxylic acids is 1. The summed E-state index contributed by atoms with van der Waals surface area (Å²) in [5.41, 5.74) is 7.05. The lowest BCUT2D eigenvalue weighted by Gasteiger charge is -2.32. The first-order valence-electron chi connectivity index (χ1n) is 9.50. The van der Waals surface area contributed by atoms with Gasteiger partial charge in [-0.15, -0.1) is 5.10 Å². The third-order valence-electron chi connectivity index (χ3n) is 5.40. The number of aromatic nitrogens is 3. The summed E-state index contributed by atoms with van der Waals surface area (Å²) in [4.78, 5) is 28.0. The Hall–Kier alpha value is -3.07. The maximum Gasteiger partial charge on any atom is 0.280 e. The van der Waals surface area contributed by atoms with E-state index in [1.54, 1.807) is 9.47 Å². The third-order valence-corrected chi connectivity index (χ3v) is 5.69. The number of hydrogen-bond donors (Lipinski definition) is 1. The molecule has 1 unspecified atom stereocenters. The number of nitrogens with zero attached hydrogens (tertiary/aromatic N) is 4. The summed E-state index contributed by atoms with van der Waals surface area (Å²) in [6.45, 7) is 4.91. The van der Waals surface area contributed by atoms with Crippen LogP contribution < -0.4 is 16.0 Å². The van der Waals surface area contributed by atoms with Crippen LogP contribution in [-0.4, -0.2) is 45.4 Å². The number of nitrogen functional groups attached to an aromatic ring is 1. The molecule has 0 saturated heterocycles. The molecule has 8 nitrogen and oxygen atoms in total. The molecule has 10 heteroatoms. The second-order valence-electron chi connectivity index (χ2n) is 7.26. The van der Waals surface area contributed by atoms with E-state index in [1.165, 1.54) is 30.0 Å². The number of carbonyl (C=O) groups is 1. The van der Waals surface area contributed by atoms with Crippen molar-refractivity contribution in [3.63, 3.8) is 0 Å². The number of hydrogen-bond acceptors (Lipinski definition) is 5. The minimum atomic E-state index is -0.551. The summed E-state index contributed by atoms with van der Waals surface area (Å²) in [5.74, 6) is -0.485. The molecular formula is C20H21ClFN5O3. The van der Waals surface area contributed by atoms with Gasteiger partial charge in [-0.3, -0.25) is 9.59 Å². The zero-order valence-corrected chi connectivity index (χ0v) is 17.5. The topological polar surface area (TPSA) is 95.4 Å². The molecule has 2 N–H and O–H groups in total. The monoisotopic (exact) mass is 433 g/mol. The Kier molecular flexibility index (Phi) is 4.93. The minimum absolute atomic E-state index is 0.0349. The lowest BCUT2D eigenvalue weighted by atomic mass is 10.2. The SMILES string of the molecule is CCN1CC(C)n2c(c(OC)c3c(=O)n(Cc4ccc(F)c(Cl)c4)nc(N)c32)C1=O. The van der Waals surface area contributed by atoms with Gasteiger partial charge in [0.05, 0.1) is 18.7 Å². The molecule has 158 valence electrons.